The molecule has 2 aromatic rings. The van der Waals surface area contributed by atoms with Gasteiger partial charge >= 0.3 is 0 Å². The number of likely N-dealkylation sites (N-methyl/N-ethyl adjacent to an activating group) is 1. The molecule has 1 amide bonds. The number of benzene rings is 1. The Balaban J connectivity index is 1.52. The molecule has 0 saturated carbocycles. The highest BCUT2D eigenvalue weighted by Gasteiger charge is 2.29. The molecule has 140 valence electrons. The van der Waals surface area contributed by atoms with E-state index in [0.717, 1.165) is 5.56 Å². The molecule has 0 spiro atoms. The van der Waals surface area contributed by atoms with Crippen LogP contribution in [0.2, 0.25) is 5.02 Å². The zero-order valence-electron chi connectivity index (χ0n) is 14.2. The second-order valence-electron chi connectivity index (χ2n) is 6.36. The smallest absolute Gasteiger partial charge is 0.241 e. The van der Waals surface area contributed by atoms with Crippen LogP contribution in [0.4, 0.5) is 0 Å². The first-order valence-electron chi connectivity index (χ1n) is 8.07. The molecular weight excluding hydrogens is 380 g/mol. The molecule has 1 unspecified atom stereocenters. The molecule has 10 heteroatoms. The molecule has 8 nitrogen and oxygen atoms in total. The second kappa shape index (κ2) is 7.73. The molecular formula is C16H19ClN4O4S. The van der Waals surface area contributed by atoms with Crippen LogP contribution in [0.3, 0.4) is 0 Å². The van der Waals surface area contributed by atoms with Gasteiger partial charge in [-0.05, 0) is 25.6 Å². The fraction of sp³-hybridized carbons (Fsp3) is 0.438. The fourth-order valence-electron chi connectivity index (χ4n) is 2.78. The Morgan fingerprint density at radius 2 is 2.27 bits per heavy atom. The van der Waals surface area contributed by atoms with Gasteiger partial charge in [0.1, 0.15) is 0 Å². The number of carbonyl (C=O) groups is 1. The third-order valence-electron chi connectivity index (χ3n) is 3.97. The number of sulfone groups is 1. The molecule has 1 fully saturated rings. The van der Waals surface area contributed by atoms with Crippen molar-refractivity contribution in [2.45, 2.75) is 19.0 Å². The molecule has 3 rings (SSSR count). The lowest BCUT2D eigenvalue weighted by molar-refractivity contribution is -0.122. The third-order valence-corrected chi connectivity index (χ3v) is 5.97. The summed E-state index contributed by atoms with van der Waals surface area (Å²) in [7, 11) is -1.27. The van der Waals surface area contributed by atoms with Gasteiger partial charge in [-0.1, -0.05) is 28.9 Å². The van der Waals surface area contributed by atoms with Crippen molar-refractivity contribution in [1.82, 2.24) is 20.4 Å². The number of amides is 1. The maximum atomic E-state index is 12.0. The second-order valence-corrected chi connectivity index (χ2v) is 9.03. The maximum absolute atomic E-state index is 12.0. The quantitative estimate of drug-likeness (QED) is 0.777. The minimum atomic E-state index is -3.02. The zero-order chi connectivity index (χ0) is 18.7. The lowest BCUT2D eigenvalue weighted by atomic mass is 10.2. The molecule has 0 bridgehead atoms. The van der Waals surface area contributed by atoms with Crippen LogP contribution in [0.1, 0.15) is 12.3 Å². The van der Waals surface area contributed by atoms with E-state index in [1.807, 2.05) is 6.07 Å². The van der Waals surface area contributed by atoms with Crippen LogP contribution < -0.4 is 5.32 Å². The van der Waals surface area contributed by atoms with Crippen molar-refractivity contribution >= 4 is 27.3 Å². The van der Waals surface area contributed by atoms with E-state index in [9.17, 15) is 13.2 Å². The average molecular weight is 399 g/mol. The van der Waals surface area contributed by atoms with E-state index in [-0.39, 0.29) is 30.0 Å². The van der Waals surface area contributed by atoms with Crippen LogP contribution in [-0.4, -0.2) is 60.5 Å². The van der Waals surface area contributed by atoms with E-state index in [2.05, 4.69) is 15.5 Å². The van der Waals surface area contributed by atoms with E-state index in [1.165, 1.54) is 0 Å². The molecule has 1 aromatic carbocycles. The summed E-state index contributed by atoms with van der Waals surface area (Å²) in [5.74, 6) is 0.705. The number of hydrogen-bond acceptors (Lipinski definition) is 7. The van der Waals surface area contributed by atoms with Crippen molar-refractivity contribution in [1.29, 1.82) is 0 Å². The summed E-state index contributed by atoms with van der Waals surface area (Å²) < 4.78 is 28.1. The van der Waals surface area contributed by atoms with Gasteiger partial charge < -0.3 is 9.84 Å². The zero-order valence-corrected chi connectivity index (χ0v) is 15.8. The van der Waals surface area contributed by atoms with E-state index in [0.29, 0.717) is 29.7 Å². The Morgan fingerprint density at radius 3 is 2.96 bits per heavy atom. The number of nitrogens with one attached hydrogen (secondary N) is 1. The summed E-state index contributed by atoms with van der Waals surface area (Å²) in [5, 5.41) is 7.25. The van der Waals surface area contributed by atoms with E-state index >= 15 is 0 Å². The molecule has 0 radical (unpaired) electrons. The van der Waals surface area contributed by atoms with Crippen LogP contribution in [0.5, 0.6) is 0 Å². The van der Waals surface area contributed by atoms with Gasteiger partial charge in [0, 0.05) is 16.6 Å². The molecule has 2 heterocycles. The van der Waals surface area contributed by atoms with Crippen LogP contribution in [0.15, 0.2) is 28.8 Å². The van der Waals surface area contributed by atoms with Crippen molar-refractivity contribution < 1.29 is 17.7 Å². The summed E-state index contributed by atoms with van der Waals surface area (Å²) in [5.41, 5.74) is 0.746. The summed E-state index contributed by atoms with van der Waals surface area (Å²) in [6.07, 6.45) is 0.463. The lowest BCUT2D eigenvalue weighted by Crippen LogP contribution is -2.41. The summed E-state index contributed by atoms with van der Waals surface area (Å²) in [6.45, 7) is 0.398. The molecule has 1 atom stereocenters. The van der Waals surface area contributed by atoms with Gasteiger partial charge in [-0.25, -0.2) is 8.42 Å². The van der Waals surface area contributed by atoms with Gasteiger partial charge in [-0.2, -0.15) is 4.98 Å². The number of rotatable bonds is 6. The van der Waals surface area contributed by atoms with E-state index in [1.54, 1.807) is 30.1 Å². The summed E-state index contributed by atoms with van der Waals surface area (Å²) in [6, 6.07) is 6.82. The molecule has 1 aliphatic heterocycles. The maximum Gasteiger partial charge on any atom is 0.241 e. The molecule has 0 aliphatic carbocycles. The molecule has 1 aromatic heterocycles. The van der Waals surface area contributed by atoms with Gasteiger partial charge in [0.15, 0.2) is 9.84 Å². The standard InChI is InChI=1S/C16H19ClN4O4S/c1-21(8-14(22)18-13-5-6-26(23,24)10-13)9-15-19-16(20-25-15)11-3-2-4-12(17)7-11/h2-4,7,13H,5-6,8-10H2,1H3,(H,18,22). The number of aromatic nitrogens is 2. The predicted molar refractivity (Wildman–Crippen MR) is 96.3 cm³/mol. The minimum absolute atomic E-state index is 0.00904. The van der Waals surface area contributed by atoms with Gasteiger partial charge in [0.2, 0.25) is 17.6 Å². The highest BCUT2D eigenvalue weighted by Crippen LogP contribution is 2.20. The first-order chi connectivity index (χ1) is 12.3. The Bertz CT molecular complexity index is 899. The van der Waals surface area contributed by atoms with E-state index in [4.69, 9.17) is 16.1 Å². The largest absolute Gasteiger partial charge is 0.351 e. The van der Waals surface area contributed by atoms with E-state index < -0.39 is 9.84 Å². The normalized spacial score (nSPS) is 19.0. The van der Waals surface area contributed by atoms with Crippen molar-refractivity contribution in [3.63, 3.8) is 0 Å². The topological polar surface area (TPSA) is 105 Å². The van der Waals surface area contributed by atoms with Crippen molar-refractivity contribution in [3.8, 4) is 11.4 Å². The van der Waals surface area contributed by atoms with Crippen LogP contribution in [0.25, 0.3) is 11.4 Å². The van der Waals surface area contributed by atoms with Gasteiger partial charge in [-0.15, -0.1) is 0 Å². The average Bonchev–Trinajstić information content (AvgIpc) is 3.13. The highest BCUT2D eigenvalue weighted by molar-refractivity contribution is 7.91. The van der Waals surface area contributed by atoms with Gasteiger partial charge in [-0.3, -0.25) is 9.69 Å². The van der Waals surface area contributed by atoms with Crippen LogP contribution in [0, 0.1) is 0 Å². The molecule has 1 aliphatic rings. The number of hydrogen-bond donors (Lipinski definition) is 1. The van der Waals surface area contributed by atoms with Gasteiger partial charge in [0.25, 0.3) is 0 Å². The molecule has 1 saturated heterocycles. The van der Waals surface area contributed by atoms with Crippen LogP contribution in [-0.2, 0) is 21.2 Å². The lowest BCUT2D eigenvalue weighted by Gasteiger charge is -2.16. The number of halogens is 1. The number of nitrogens with zero attached hydrogens (tertiary/aromatic N) is 3. The summed E-state index contributed by atoms with van der Waals surface area (Å²) in [4.78, 5) is 18.1. The Morgan fingerprint density at radius 1 is 1.46 bits per heavy atom. The van der Waals surface area contributed by atoms with Crippen molar-refractivity contribution in [2.24, 2.45) is 0 Å². The summed E-state index contributed by atoms with van der Waals surface area (Å²) >= 11 is 5.95. The minimum Gasteiger partial charge on any atom is -0.351 e. The SMILES string of the molecule is CN(CC(=O)NC1CCS(=O)(=O)C1)Cc1nc(-c2cccc(Cl)c2)no1. The molecule has 26 heavy (non-hydrogen) atoms. The Labute approximate surface area is 156 Å². The third kappa shape index (κ3) is 5.03. The van der Waals surface area contributed by atoms with Crippen molar-refractivity contribution in [2.75, 3.05) is 25.1 Å². The fourth-order valence-corrected chi connectivity index (χ4v) is 4.64. The first kappa shape index (κ1) is 18.8. The first-order valence-corrected chi connectivity index (χ1v) is 10.3. The highest BCUT2D eigenvalue weighted by atomic mass is 35.5. The Kier molecular flexibility index (Phi) is 5.59. The monoisotopic (exact) mass is 398 g/mol. The van der Waals surface area contributed by atoms with Gasteiger partial charge in [0.05, 0.1) is 24.6 Å². The molecule has 1 N–H and O–H groups in total. The Hall–Kier alpha value is -1.97. The predicted octanol–water partition coefficient (Wildman–Crippen LogP) is 1.13. The van der Waals surface area contributed by atoms with Crippen LogP contribution >= 0.6 is 11.6 Å². The number of carbonyl (C=O) groups excluding carboxylic acids is 1. The van der Waals surface area contributed by atoms with Crippen molar-refractivity contribution in [3.05, 3.63) is 35.2 Å².